The largest absolute Gasteiger partial charge is 0.370 e. The van der Waals surface area contributed by atoms with Crippen molar-refractivity contribution in [2.24, 2.45) is 11.7 Å². The first-order valence-corrected chi connectivity index (χ1v) is 5.80. The van der Waals surface area contributed by atoms with E-state index in [0.717, 1.165) is 6.54 Å². The molecule has 0 bridgehead atoms. The molecular weight excluding hydrogens is 190 g/mol. The van der Waals surface area contributed by atoms with Crippen LogP contribution in [0.4, 0.5) is 0 Å². The predicted molar refractivity (Wildman–Crippen MR) is 61.5 cm³/mol. The highest BCUT2D eigenvalue weighted by atomic mass is 16.1. The molecule has 0 aliphatic carbocycles. The molecule has 3 N–H and O–H groups in total. The summed E-state index contributed by atoms with van der Waals surface area (Å²) in [6.45, 7) is 5.27. The van der Waals surface area contributed by atoms with Crippen LogP contribution in [-0.2, 0) is 4.79 Å². The van der Waals surface area contributed by atoms with Crippen LogP contribution in [0.5, 0.6) is 0 Å². The van der Waals surface area contributed by atoms with Crippen LogP contribution in [0.1, 0.15) is 26.2 Å². The summed E-state index contributed by atoms with van der Waals surface area (Å²) in [5.41, 5.74) is 5.09. The molecule has 0 aromatic carbocycles. The van der Waals surface area contributed by atoms with Crippen LogP contribution in [0, 0.1) is 5.92 Å². The molecule has 2 atom stereocenters. The number of carbonyl (C=O) groups excluding carboxylic acids is 1. The Morgan fingerprint density at radius 2 is 2.40 bits per heavy atom. The fourth-order valence-electron chi connectivity index (χ4n) is 2.20. The average Bonchev–Trinajstić information content (AvgIpc) is 2.17. The first kappa shape index (κ1) is 12.5. The minimum Gasteiger partial charge on any atom is -0.370 e. The molecule has 4 nitrogen and oxygen atoms in total. The molecule has 1 aliphatic rings. The summed E-state index contributed by atoms with van der Waals surface area (Å²) in [7, 11) is 2.17. The van der Waals surface area contributed by atoms with Crippen molar-refractivity contribution in [3.05, 3.63) is 0 Å². The second-order valence-corrected chi connectivity index (χ2v) is 4.62. The molecule has 15 heavy (non-hydrogen) atoms. The standard InChI is InChI=1S/C11H23N3O/c1-9(13-6-5-11(12)15)10-4-3-7-14(2)8-10/h9-10,13H,3-8H2,1-2H3,(H2,12,15). The smallest absolute Gasteiger partial charge is 0.218 e. The van der Waals surface area contributed by atoms with E-state index < -0.39 is 0 Å². The van der Waals surface area contributed by atoms with Gasteiger partial charge in [0.05, 0.1) is 0 Å². The third-order valence-corrected chi connectivity index (χ3v) is 3.21. The van der Waals surface area contributed by atoms with Crippen molar-refractivity contribution in [3.63, 3.8) is 0 Å². The molecule has 2 unspecified atom stereocenters. The Morgan fingerprint density at radius 1 is 1.67 bits per heavy atom. The van der Waals surface area contributed by atoms with E-state index in [0.29, 0.717) is 24.9 Å². The molecule has 88 valence electrons. The van der Waals surface area contributed by atoms with Gasteiger partial charge >= 0.3 is 0 Å². The average molecular weight is 213 g/mol. The molecule has 0 saturated carbocycles. The molecule has 1 aliphatic heterocycles. The molecule has 0 spiro atoms. The van der Waals surface area contributed by atoms with Crippen molar-refractivity contribution < 1.29 is 4.79 Å². The predicted octanol–water partition coefficient (Wildman–Crippen LogP) is 0.182. The minimum atomic E-state index is -0.226. The first-order chi connectivity index (χ1) is 7.09. The van der Waals surface area contributed by atoms with E-state index >= 15 is 0 Å². The first-order valence-electron chi connectivity index (χ1n) is 5.80. The molecule has 1 rings (SSSR count). The van der Waals surface area contributed by atoms with Crippen molar-refractivity contribution in [2.75, 3.05) is 26.7 Å². The van der Waals surface area contributed by atoms with Crippen LogP contribution >= 0.6 is 0 Å². The summed E-state index contributed by atoms with van der Waals surface area (Å²) in [6.07, 6.45) is 3.00. The lowest BCUT2D eigenvalue weighted by Crippen LogP contribution is -2.43. The summed E-state index contributed by atoms with van der Waals surface area (Å²) < 4.78 is 0. The van der Waals surface area contributed by atoms with Gasteiger partial charge in [0.25, 0.3) is 0 Å². The third kappa shape index (κ3) is 4.62. The fraction of sp³-hybridized carbons (Fsp3) is 0.909. The molecule has 1 heterocycles. The molecule has 0 radical (unpaired) electrons. The molecule has 0 aromatic heterocycles. The van der Waals surface area contributed by atoms with Gasteiger partial charge in [-0.15, -0.1) is 0 Å². The number of nitrogens with zero attached hydrogens (tertiary/aromatic N) is 1. The van der Waals surface area contributed by atoms with Crippen LogP contribution < -0.4 is 11.1 Å². The Balaban J connectivity index is 2.20. The topological polar surface area (TPSA) is 58.4 Å². The normalized spacial score (nSPS) is 25.1. The third-order valence-electron chi connectivity index (χ3n) is 3.21. The van der Waals surface area contributed by atoms with Gasteiger partial charge in [-0.2, -0.15) is 0 Å². The van der Waals surface area contributed by atoms with Crippen LogP contribution in [0.25, 0.3) is 0 Å². The van der Waals surface area contributed by atoms with Gasteiger partial charge in [-0.1, -0.05) is 0 Å². The number of piperidine rings is 1. The van der Waals surface area contributed by atoms with Gasteiger partial charge in [0.15, 0.2) is 0 Å². The SMILES string of the molecule is CC(NCCC(N)=O)C1CCCN(C)C1. The number of rotatable bonds is 5. The number of nitrogens with one attached hydrogen (secondary N) is 1. The monoisotopic (exact) mass is 213 g/mol. The summed E-state index contributed by atoms with van der Waals surface area (Å²) in [6, 6.07) is 0.479. The maximum absolute atomic E-state index is 10.6. The van der Waals surface area contributed by atoms with E-state index in [9.17, 15) is 4.79 Å². The lowest BCUT2D eigenvalue weighted by Gasteiger charge is -2.33. The Bertz CT molecular complexity index is 208. The summed E-state index contributed by atoms with van der Waals surface area (Å²) >= 11 is 0. The Kier molecular flexibility index (Phi) is 5.05. The highest BCUT2D eigenvalue weighted by Gasteiger charge is 2.22. The Hall–Kier alpha value is -0.610. The molecule has 4 heteroatoms. The molecule has 1 fully saturated rings. The second-order valence-electron chi connectivity index (χ2n) is 4.62. The maximum Gasteiger partial charge on any atom is 0.218 e. The van der Waals surface area contributed by atoms with Crippen molar-refractivity contribution in [1.29, 1.82) is 0 Å². The van der Waals surface area contributed by atoms with Crippen LogP contribution in [0.3, 0.4) is 0 Å². The summed E-state index contributed by atoms with van der Waals surface area (Å²) in [4.78, 5) is 13.0. The zero-order valence-corrected chi connectivity index (χ0v) is 9.83. The van der Waals surface area contributed by atoms with Gasteiger partial charge in [-0.05, 0) is 39.3 Å². The molecule has 0 aromatic rings. The Labute approximate surface area is 92.2 Å². The summed E-state index contributed by atoms with van der Waals surface area (Å²) in [5, 5.41) is 3.38. The van der Waals surface area contributed by atoms with Gasteiger partial charge < -0.3 is 16.0 Å². The Morgan fingerprint density at radius 3 is 3.00 bits per heavy atom. The molecular formula is C11H23N3O. The summed E-state index contributed by atoms with van der Waals surface area (Å²) in [5.74, 6) is 0.479. The highest BCUT2D eigenvalue weighted by molar-refractivity contribution is 5.73. The lowest BCUT2D eigenvalue weighted by molar-refractivity contribution is -0.117. The van der Waals surface area contributed by atoms with Gasteiger partial charge in [-0.25, -0.2) is 0 Å². The van der Waals surface area contributed by atoms with Gasteiger partial charge in [0.1, 0.15) is 0 Å². The molecule has 1 saturated heterocycles. The number of likely N-dealkylation sites (tertiary alicyclic amines) is 1. The van der Waals surface area contributed by atoms with E-state index in [-0.39, 0.29) is 5.91 Å². The highest BCUT2D eigenvalue weighted by Crippen LogP contribution is 2.18. The zero-order valence-electron chi connectivity index (χ0n) is 9.83. The van der Waals surface area contributed by atoms with Gasteiger partial charge in [-0.3, -0.25) is 4.79 Å². The van der Waals surface area contributed by atoms with Gasteiger partial charge in [0.2, 0.25) is 5.91 Å². The van der Waals surface area contributed by atoms with Crippen molar-refractivity contribution in [1.82, 2.24) is 10.2 Å². The van der Waals surface area contributed by atoms with Crippen LogP contribution in [0.2, 0.25) is 0 Å². The fourth-order valence-corrected chi connectivity index (χ4v) is 2.20. The van der Waals surface area contributed by atoms with E-state index in [2.05, 4.69) is 24.2 Å². The number of amides is 1. The number of nitrogens with two attached hydrogens (primary N) is 1. The number of primary amides is 1. The molecule has 1 amide bonds. The zero-order chi connectivity index (χ0) is 11.3. The van der Waals surface area contributed by atoms with E-state index in [4.69, 9.17) is 5.73 Å². The second kappa shape index (κ2) is 6.08. The lowest BCUT2D eigenvalue weighted by atomic mass is 9.92. The van der Waals surface area contributed by atoms with Crippen LogP contribution in [0.15, 0.2) is 0 Å². The minimum absolute atomic E-state index is 0.226. The van der Waals surface area contributed by atoms with Crippen molar-refractivity contribution in [3.8, 4) is 0 Å². The van der Waals surface area contributed by atoms with Crippen molar-refractivity contribution in [2.45, 2.75) is 32.2 Å². The maximum atomic E-state index is 10.6. The van der Waals surface area contributed by atoms with Gasteiger partial charge in [0, 0.05) is 25.6 Å². The number of carbonyl (C=O) groups is 1. The number of hydrogen-bond acceptors (Lipinski definition) is 3. The van der Waals surface area contributed by atoms with E-state index in [1.165, 1.54) is 19.4 Å². The van der Waals surface area contributed by atoms with Crippen LogP contribution in [-0.4, -0.2) is 43.5 Å². The van der Waals surface area contributed by atoms with E-state index in [1.54, 1.807) is 0 Å². The van der Waals surface area contributed by atoms with Crippen molar-refractivity contribution >= 4 is 5.91 Å². The number of hydrogen-bond donors (Lipinski definition) is 2. The quantitative estimate of drug-likeness (QED) is 0.685. The van der Waals surface area contributed by atoms with E-state index in [1.807, 2.05) is 0 Å².